The Morgan fingerprint density at radius 1 is 1.05 bits per heavy atom. The molecule has 2 aromatic rings. The highest BCUT2D eigenvalue weighted by molar-refractivity contribution is 5.41. The summed E-state index contributed by atoms with van der Waals surface area (Å²) >= 11 is 0. The van der Waals surface area contributed by atoms with E-state index in [4.69, 9.17) is 5.21 Å². The third-order valence-corrected chi connectivity index (χ3v) is 2.35. The van der Waals surface area contributed by atoms with Gasteiger partial charge in [-0.05, 0) is 31.5 Å². The van der Waals surface area contributed by atoms with E-state index in [1.807, 2.05) is 31.5 Å². The van der Waals surface area contributed by atoms with Gasteiger partial charge in [-0.2, -0.15) is 15.0 Å². The van der Waals surface area contributed by atoms with E-state index in [2.05, 4.69) is 30.6 Å². The van der Waals surface area contributed by atoms with E-state index in [0.717, 1.165) is 5.56 Å². The van der Waals surface area contributed by atoms with Crippen molar-refractivity contribution in [3.8, 4) is 0 Å². The number of nitrogens with one attached hydrogen (secondary N) is 3. The van der Waals surface area contributed by atoms with Crippen LogP contribution in [-0.4, -0.2) is 31.2 Å². The zero-order chi connectivity index (χ0) is 14.4. The first-order valence-corrected chi connectivity index (χ1v) is 6.23. The van der Waals surface area contributed by atoms with E-state index in [-0.39, 0.29) is 12.0 Å². The lowest BCUT2D eigenvalue weighted by Gasteiger charge is -2.11. The van der Waals surface area contributed by atoms with Crippen molar-refractivity contribution in [2.45, 2.75) is 26.4 Å². The molecule has 4 N–H and O–H groups in total. The zero-order valence-corrected chi connectivity index (χ0v) is 11.3. The first-order chi connectivity index (χ1) is 9.67. The quantitative estimate of drug-likeness (QED) is 0.587. The Bertz CT molecular complexity index is 547. The average molecular weight is 275 g/mol. The van der Waals surface area contributed by atoms with Gasteiger partial charge in [0, 0.05) is 25.0 Å². The fourth-order valence-corrected chi connectivity index (χ4v) is 1.51. The van der Waals surface area contributed by atoms with Crippen LogP contribution in [0, 0.1) is 0 Å². The molecular weight excluding hydrogens is 258 g/mol. The van der Waals surface area contributed by atoms with Gasteiger partial charge >= 0.3 is 0 Å². The number of hydrogen-bond donors (Lipinski definition) is 4. The first kappa shape index (κ1) is 13.9. The van der Waals surface area contributed by atoms with E-state index in [0.29, 0.717) is 18.4 Å². The molecule has 0 aromatic carbocycles. The summed E-state index contributed by atoms with van der Waals surface area (Å²) in [7, 11) is 0. The normalized spacial score (nSPS) is 10.4. The van der Waals surface area contributed by atoms with Gasteiger partial charge in [0.15, 0.2) is 0 Å². The Morgan fingerprint density at radius 3 is 2.35 bits per heavy atom. The van der Waals surface area contributed by atoms with Crippen LogP contribution in [0.25, 0.3) is 0 Å². The van der Waals surface area contributed by atoms with Crippen molar-refractivity contribution in [1.29, 1.82) is 0 Å². The molecule has 0 aliphatic heterocycles. The molecule has 8 nitrogen and oxygen atoms in total. The van der Waals surface area contributed by atoms with Gasteiger partial charge in [0.1, 0.15) is 0 Å². The highest BCUT2D eigenvalue weighted by Crippen LogP contribution is 2.10. The molecule has 0 aliphatic rings. The van der Waals surface area contributed by atoms with E-state index in [1.54, 1.807) is 12.4 Å². The van der Waals surface area contributed by atoms with Crippen molar-refractivity contribution >= 4 is 17.8 Å². The van der Waals surface area contributed by atoms with Crippen LogP contribution in [0.4, 0.5) is 17.8 Å². The minimum atomic E-state index is 0.0837. The number of rotatable bonds is 6. The number of nitrogens with zero attached hydrogens (tertiary/aromatic N) is 4. The lowest BCUT2D eigenvalue weighted by Crippen LogP contribution is -2.15. The summed E-state index contributed by atoms with van der Waals surface area (Å²) < 4.78 is 0. The molecule has 20 heavy (non-hydrogen) atoms. The van der Waals surface area contributed by atoms with Crippen molar-refractivity contribution in [3.63, 3.8) is 0 Å². The van der Waals surface area contributed by atoms with Crippen molar-refractivity contribution < 1.29 is 5.21 Å². The summed E-state index contributed by atoms with van der Waals surface area (Å²) in [6, 6.07) is 3.97. The molecule has 0 radical (unpaired) electrons. The predicted octanol–water partition coefficient (Wildman–Crippen LogP) is 1.50. The van der Waals surface area contributed by atoms with Crippen LogP contribution in [-0.2, 0) is 6.54 Å². The molecule has 2 rings (SSSR count). The highest BCUT2D eigenvalue weighted by Gasteiger charge is 2.06. The number of anilines is 3. The SMILES string of the molecule is CC(C)Nc1nc(NO)nc(NCc2ccncc2)n1. The van der Waals surface area contributed by atoms with E-state index in [9.17, 15) is 0 Å². The Hall–Kier alpha value is -2.48. The second kappa shape index (κ2) is 6.62. The number of pyridine rings is 1. The average Bonchev–Trinajstić information content (AvgIpc) is 2.45. The van der Waals surface area contributed by atoms with E-state index >= 15 is 0 Å². The summed E-state index contributed by atoms with van der Waals surface area (Å²) in [4.78, 5) is 16.2. The van der Waals surface area contributed by atoms with E-state index < -0.39 is 0 Å². The highest BCUT2D eigenvalue weighted by atomic mass is 16.5. The van der Waals surface area contributed by atoms with Crippen LogP contribution in [0.2, 0.25) is 0 Å². The molecule has 8 heteroatoms. The second-order valence-electron chi connectivity index (χ2n) is 4.43. The number of aromatic nitrogens is 4. The van der Waals surface area contributed by atoms with Crippen LogP contribution in [0.3, 0.4) is 0 Å². The molecule has 2 heterocycles. The number of hydrogen-bond acceptors (Lipinski definition) is 8. The summed E-state index contributed by atoms with van der Waals surface area (Å²) in [5, 5.41) is 15.1. The topological polar surface area (TPSA) is 108 Å². The molecule has 0 atom stereocenters. The van der Waals surface area contributed by atoms with Gasteiger partial charge in [-0.3, -0.25) is 10.2 Å². The monoisotopic (exact) mass is 275 g/mol. The molecule has 0 amide bonds. The van der Waals surface area contributed by atoms with Gasteiger partial charge in [-0.15, -0.1) is 0 Å². The predicted molar refractivity (Wildman–Crippen MR) is 75.6 cm³/mol. The van der Waals surface area contributed by atoms with Crippen molar-refractivity contribution in [2.75, 3.05) is 16.1 Å². The molecule has 0 saturated carbocycles. The molecule has 106 valence electrons. The minimum Gasteiger partial charge on any atom is -0.352 e. The van der Waals surface area contributed by atoms with Crippen LogP contribution in [0.1, 0.15) is 19.4 Å². The Labute approximate surface area is 116 Å². The second-order valence-corrected chi connectivity index (χ2v) is 4.43. The van der Waals surface area contributed by atoms with Gasteiger partial charge in [-0.25, -0.2) is 5.48 Å². The third-order valence-electron chi connectivity index (χ3n) is 2.35. The lowest BCUT2D eigenvalue weighted by atomic mass is 10.3. The van der Waals surface area contributed by atoms with Crippen LogP contribution < -0.4 is 16.1 Å². The Balaban J connectivity index is 2.10. The van der Waals surface area contributed by atoms with Gasteiger partial charge in [-0.1, -0.05) is 0 Å². The van der Waals surface area contributed by atoms with Crippen LogP contribution >= 0.6 is 0 Å². The summed E-state index contributed by atoms with van der Waals surface area (Å²) in [6.45, 7) is 4.50. The molecule has 0 fully saturated rings. The fraction of sp³-hybridized carbons (Fsp3) is 0.333. The van der Waals surface area contributed by atoms with E-state index in [1.165, 1.54) is 0 Å². The summed E-state index contributed by atoms with van der Waals surface area (Å²) in [5.74, 6) is 0.848. The molecule has 0 saturated heterocycles. The van der Waals surface area contributed by atoms with Crippen molar-refractivity contribution in [2.24, 2.45) is 0 Å². The maximum atomic E-state index is 8.94. The maximum absolute atomic E-state index is 8.94. The molecule has 0 bridgehead atoms. The Kier molecular flexibility index (Phi) is 4.61. The van der Waals surface area contributed by atoms with Crippen LogP contribution in [0.5, 0.6) is 0 Å². The minimum absolute atomic E-state index is 0.0837. The fourth-order valence-electron chi connectivity index (χ4n) is 1.51. The Morgan fingerprint density at radius 2 is 1.70 bits per heavy atom. The first-order valence-electron chi connectivity index (χ1n) is 6.23. The van der Waals surface area contributed by atoms with Crippen molar-refractivity contribution in [1.82, 2.24) is 19.9 Å². The molecular formula is C12H17N7O. The lowest BCUT2D eigenvalue weighted by molar-refractivity contribution is 0.382. The van der Waals surface area contributed by atoms with Gasteiger partial charge in [0.05, 0.1) is 0 Å². The smallest absolute Gasteiger partial charge is 0.253 e. The molecule has 0 unspecified atom stereocenters. The standard InChI is InChI=1S/C12H17N7O/c1-8(2)15-11-16-10(17-12(18-11)19-20)14-7-9-3-5-13-6-4-9/h3-6,8,20H,7H2,1-2H3,(H3,14,15,16,17,18,19). The van der Waals surface area contributed by atoms with Gasteiger partial charge in [0.25, 0.3) is 5.95 Å². The molecule has 2 aromatic heterocycles. The van der Waals surface area contributed by atoms with Gasteiger partial charge in [0.2, 0.25) is 11.9 Å². The van der Waals surface area contributed by atoms with Crippen LogP contribution in [0.15, 0.2) is 24.5 Å². The van der Waals surface area contributed by atoms with Crippen molar-refractivity contribution in [3.05, 3.63) is 30.1 Å². The zero-order valence-electron chi connectivity index (χ0n) is 11.3. The summed E-state index contributed by atoms with van der Waals surface area (Å²) in [5.41, 5.74) is 2.98. The molecule has 0 spiro atoms. The summed E-state index contributed by atoms with van der Waals surface area (Å²) in [6.07, 6.45) is 3.44. The maximum Gasteiger partial charge on any atom is 0.253 e. The third kappa shape index (κ3) is 4.02. The van der Waals surface area contributed by atoms with Gasteiger partial charge < -0.3 is 10.6 Å². The molecule has 0 aliphatic carbocycles. The largest absolute Gasteiger partial charge is 0.352 e.